The Kier molecular flexibility index (Phi) is 8.07. The van der Waals surface area contributed by atoms with E-state index in [0.717, 1.165) is 55.6 Å². The second-order valence-corrected chi connectivity index (χ2v) is 12.4. The number of rotatable bonds is 8. The molecular formula is C29H37N3O5S. The Morgan fingerprint density at radius 3 is 2.68 bits per heavy atom. The number of fused-ring (bicyclic) bond motifs is 2. The number of furan rings is 1. The van der Waals surface area contributed by atoms with Crippen molar-refractivity contribution in [3.05, 3.63) is 65.4 Å². The third-order valence-corrected chi connectivity index (χ3v) is 9.72. The molecule has 1 aromatic heterocycles. The molecule has 0 radical (unpaired) electrons. The molecule has 0 spiro atoms. The molecule has 8 nitrogen and oxygen atoms in total. The normalized spacial score (nSPS) is 17.2. The fraction of sp³-hybridized carbons (Fsp3) is 0.483. The monoisotopic (exact) mass is 539 g/mol. The highest BCUT2D eigenvalue weighted by atomic mass is 32.2. The molecule has 0 N–H and O–H groups in total. The van der Waals surface area contributed by atoms with E-state index in [1.165, 1.54) is 15.3 Å². The summed E-state index contributed by atoms with van der Waals surface area (Å²) in [6.07, 6.45) is 5.09. The Balaban J connectivity index is 1.13. The Morgan fingerprint density at radius 1 is 1.11 bits per heavy atom. The summed E-state index contributed by atoms with van der Waals surface area (Å²) in [5, 5.41) is 1.19. The predicted octanol–water partition coefficient (Wildman–Crippen LogP) is 4.52. The van der Waals surface area contributed by atoms with Crippen LogP contribution >= 0.6 is 0 Å². The summed E-state index contributed by atoms with van der Waals surface area (Å²) in [6, 6.07) is 13.4. The average molecular weight is 540 g/mol. The van der Waals surface area contributed by atoms with Crippen LogP contribution in [0.2, 0.25) is 0 Å². The Bertz CT molecular complexity index is 1380. The van der Waals surface area contributed by atoms with Crippen molar-refractivity contribution in [1.82, 2.24) is 14.1 Å². The SMILES string of the molecule is CCOC(=O)N1CCc2cc(S(=O)(=O)N(C)CC3CCN(CCc4coc5ccccc45)CC3)ccc2C1. The number of nitrogens with zero attached hydrogens (tertiary/aromatic N) is 3. The zero-order valence-corrected chi connectivity index (χ0v) is 23.1. The first-order valence-electron chi connectivity index (χ1n) is 13.5. The standard InChI is InChI=1S/C29H37N3O5S/c1-3-36-29(33)32-17-13-23-18-26(9-8-24(23)20-32)38(34,35)30(2)19-22-10-14-31(15-11-22)16-12-25-21-37-28-7-5-4-6-27(25)28/h4-9,18,21-22H,3,10-17,19-20H2,1-2H3. The highest BCUT2D eigenvalue weighted by Gasteiger charge is 2.28. The number of para-hydroxylation sites is 1. The molecule has 0 unspecified atom stereocenters. The van der Waals surface area contributed by atoms with Crippen LogP contribution in [0, 0.1) is 5.92 Å². The van der Waals surface area contributed by atoms with Crippen LogP contribution in [0.15, 0.2) is 58.0 Å². The number of likely N-dealkylation sites (tertiary alicyclic amines) is 1. The summed E-state index contributed by atoms with van der Waals surface area (Å²) >= 11 is 0. The third kappa shape index (κ3) is 5.75. The van der Waals surface area contributed by atoms with Crippen LogP contribution in [0.4, 0.5) is 4.79 Å². The second-order valence-electron chi connectivity index (χ2n) is 10.4. The lowest BCUT2D eigenvalue weighted by atomic mass is 9.96. The Labute approximate surface area is 225 Å². The van der Waals surface area contributed by atoms with Crippen LogP contribution in [-0.4, -0.2) is 75.0 Å². The van der Waals surface area contributed by atoms with Gasteiger partial charge in [0.05, 0.1) is 17.8 Å². The molecule has 204 valence electrons. The molecule has 2 aliphatic heterocycles. The highest BCUT2D eigenvalue weighted by Crippen LogP contribution is 2.27. The van der Waals surface area contributed by atoms with Crippen LogP contribution in [0.25, 0.3) is 11.0 Å². The van der Waals surface area contributed by atoms with Crippen LogP contribution in [-0.2, 0) is 34.1 Å². The maximum absolute atomic E-state index is 13.4. The minimum Gasteiger partial charge on any atom is -0.464 e. The zero-order chi connectivity index (χ0) is 26.7. The van der Waals surface area contributed by atoms with Gasteiger partial charge in [0.2, 0.25) is 10.0 Å². The number of piperidine rings is 1. The first-order chi connectivity index (χ1) is 18.3. The number of ether oxygens (including phenoxy) is 1. The van der Waals surface area contributed by atoms with Gasteiger partial charge in [-0.15, -0.1) is 0 Å². The van der Waals surface area contributed by atoms with Crippen molar-refractivity contribution in [3.8, 4) is 0 Å². The third-order valence-electron chi connectivity index (χ3n) is 7.91. The second kappa shape index (κ2) is 11.5. The molecule has 1 fully saturated rings. The molecule has 3 aromatic rings. The number of carbonyl (C=O) groups excluding carboxylic acids is 1. The molecule has 5 rings (SSSR count). The van der Waals surface area contributed by atoms with Gasteiger partial charge in [-0.1, -0.05) is 24.3 Å². The van der Waals surface area contributed by atoms with E-state index in [-0.39, 0.29) is 6.09 Å². The smallest absolute Gasteiger partial charge is 0.410 e. The maximum atomic E-state index is 13.4. The fourth-order valence-corrected chi connectivity index (χ4v) is 6.90. The van der Waals surface area contributed by atoms with Gasteiger partial charge in [0.25, 0.3) is 0 Å². The fourth-order valence-electron chi connectivity index (χ4n) is 5.60. The number of sulfonamides is 1. The minimum absolute atomic E-state index is 0.324. The van der Waals surface area contributed by atoms with Gasteiger partial charge in [-0.3, -0.25) is 0 Å². The number of benzene rings is 2. The number of carbonyl (C=O) groups is 1. The first-order valence-corrected chi connectivity index (χ1v) is 15.0. The van der Waals surface area contributed by atoms with Crippen molar-refractivity contribution in [1.29, 1.82) is 0 Å². The molecule has 0 bridgehead atoms. The van der Waals surface area contributed by atoms with Crippen molar-refractivity contribution in [2.75, 3.05) is 46.4 Å². The van der Waals surface area contributed by atoms with E-state index in [9.17, 15) is 13.2 Å². The largest absolute Gasteiger partial charge is 0.464 e. The summed E-state index contributed by atoms with van der Waals surface area (Å²) in [4.78, 5) is 16.5. The van der Waals surface area contributed by atoms with Gasteiger partial charge >= 0.3 is 6.09 Å². The number of amides is 1. The van der Waals surface area contributed by atoms with Crippen molar-refractivity contribution < 1.29 is 22.4 Å². The highest BCUT2D eigenvalue weighted by molar-refractivity contribution is 7.89. The average Bonchev–Trinajstić information content (AvgIpc) is 3.35. The van der Waals surface area contributed by atoms with Crippen LogP contribution in [0.5, 0.6) is 0 Å². The molecular weight excluding hydrogens is 502 g/mol. The summed E-state index contributed by atoms with van der Waals surface area (Å²) in [6.45, 7) is 6.56. The van der Waals surface area contributed by atoms with E-state index in [0.29, 0.717) is 43.5 Å². The molecule has 9 heteroatoms. The van der Waals surface area contributed by atoms with E-state index in [4.69, 9.17) is 9.15 Å². The summed E-state index contributed by atoms with van der Waals surface area (Å²) < 4.78 is 39.0. The van der Waals surface area contributed by atoms with Gasteiger partial charge < -0.3 is 19.0 Å². The topological polar surface area (TPSA) is 83.3 Å². The van der Waals surface area contributed by atoms with Gasteiger partial charge in [0, 0.05) is 38.6 Å². The van der Waals surface area contributed by atoms with Gasteiger partial charge in [0.15, 0.2) is 0 Å². The Morgan fingerprint density at radius 2 is 1.89 bits per heavy atom. The molecule has 2 aromatic carbocycles. The zero-order valence-electron chi connectivity index (χ0n) is 22.3. The summed E-state index contributed by atoms with van der Waals surface area (Å²) in [5.74, 6) is 0.344. The minimum atomic E-state index is -3.58. The summed E-state index contributed by atoms with van der Waals surface area (Å²) in [5.41, 5.74) is 4.13. The van der Waals surface area contributed by atoms with E-state index in [1.54, 1.807) is 31.0 Å². The molecule has 0 atom stereocenters. The Hall–Kier alpha value is -2.88. The summed E-state index contributed by atoms with van der Waals surface area (Å²) in [7, 11) is -1.89. The van der Waals surface area contributed by atoms with Crippen molar-refractivity contribution in [2.45, 2.75) is 44.0 Å². The van der Waals surface area contributed by atoms with Crippen LogP contribution in [0.1, 0.15) is 36.5 Å². The van der Waals surface area contributed by atoms with Crippen LogP contribution < -0.4 is 0 Å². The molecule has 38 heavy (non-hydrogen) atoms. The van der Waals surface area contributed by atoms with Crippen molar-refractivity contribution in [3.63, 3.8) is 0 Å². The predicted molar refractivity (Wildman–Crippen MR) is 146 cm³/mol. The molecule has 1 saturated heterocycles. The van der Waals surface area contributed by atoms with Gasteiger partial charge in [-0.05, 0) is 86.5 Å². The van der Waals surface area contributed by atoms with Crippen molar-refractivity contribution in [2.24, 2.45) is 5.92 Å². The number of hydrogen-bond donors (Lipinski definition) is 0. The molecule has 0 saturated carbocycles. The van der Waals surface area contributed by atoms with E-state index < -0.39 is 10.0 Å². The quantitative estimate of drug-likeness (QED) is 0.419. The first kappa shape index (κ1) is 26.7. The van der Waals surface area contributed by atoms with Gasteiger partial charge in [-0.25, -0.2) is 17.5 Å². The maximum Gasteiger partial charge on any atom is 0.410 e. The lowest BCUT2D eigenvalue weighted by Gasteiger charge is -2.33. The molecule has 2 aliphatic rings. The number of hydrogen-bond acceptors (Lipinski definition) is 6. The van der Waals surface area contributed by atoms with Crippen LogP contribution in [0.3, 0.4) is 0 Å². The van der Waals surface area contributed by atoms with E-state index >= 15 is 0 Å². The molecule has 1 amide bonds. The molecule has 3 heterocycles. The lowest BCUT2D eigenvalue weighted by molar-refractivity contribution is 0.102. The lowest BCUT2D eigenvalue weighted by Crippen LogP contribution is -2.40. The van der Waals surface area contributed by atoms with Gasteiger partial charge in [0.1, 0.15) is 5.58 Å². The molecule has 0 aliphatic carbocycles. The van der Waals surface area contributed by atoms with E-state index in [2.05, 4.69) is 11.0 Å². The van der Waals surface area contributed by atoms with Gasteiger partial charge in [-0.2, -0.15) is 0 Å². The van der Waals surface area contributed by atoms with Crippen molar-refractivity contribution >= 4 is 27.1 Å². The van der Waals surface area contributed by atoms with E-state index in [1.807, 2.05) is 30.5 Å².